The van der Waals surface area contributed by atoms with Crippen molar-refractivity contribution in [2.75, 3.05) is 18.4 Å². The van der Waals surface area contributed by atoms with Gasteiger partial charge in [-0.15, -0.1) is 0 Å². The predicted molar refractivity (Wildman–Crippen MR) is 115 cm³/mol. The molecule has 1 unspecified atom stereocenters. The fourth-order valence-electron chi connectivity index (χ4n) is 3.42. The number of aliphatic hydroxyl groups excluding tert-OH is 1. The first-order valence-corrected chi connectivity index (χ1v) is 10.5. The molecular formula is C21H31N5O5. The number of carbonyl (C=O) groups is 4. The smallest absolute Gasteiger partial charge is 0.312 e. The van der Waals surface area contributed by atoms with Crippen LogP contribution in [0.5, 0.6) is 0 Å². The molecule has 0 aliphatic heterocycles. The molecule has 7 N–H and O–H groups in total. The van der Waals surface area contributed by atoms with Crippen molar-refractivity contribution in [1.82, 2.24) is 16.0 Å². The molecule has 0 saturated heterocycles. The summed E-state index contributed by atoms with van der Waals surface area (Å²) < 4.78 is 0. The summed E-state index contributed by atoms with van der Waals surface area (Å²) in [5.74, 6) is -1.23. The Morgan fingerprint density at radius 3 is 2.29 bits per heavy atom. The largest absolute Gasteiger partial charge is 0.392 e. The van der Waals surface area contributed by atoms with Gasteiger partial charge in [-0.2, -0.15) is 0 Å². The summed E-state index contributed by atoms with van der Waals surface area (Å²) in [4.78, 5) is 49.2. The molecule has 1 saturated carbocycles. The van der Waals surface area contributed by atoms with Crippen molar-refractivity contribution < 1.29 is 24.3 Å². The number of primary amides is 1. The van der Waals surface area contributed by atoms with E-state index >= 15 is 0 Å². The highest BCUT2D eigenvalue weighted by atomic mass is 16.3. The van der Waals surface area contributed by atoms with Crippen molar-refractivity contribution >= 4 is 29.4 Å². The lowest BCUT2D eigenvalue weighted by Gasteiger charge is -2.39. The van der Waals surface area contributed by atoms with Crippen LogP contribution in [-0.2, 0) is 21.0 Å². The van der Waals surface area contributed by atoms with Crippen LogP contribution in [0.1, 0.15) is 44.6 Å². The van der Waals surface area contributed by atoms with Crippen molar-refractivity contribution in [2.45, 2.75) is 51.7 Å². The van der Waals surface area contributed by atoms with E-state index in [-0.39, 0.29) is 25.5 Å². The molecule has 10 heteroatoms. The second-order valence-corrected chi connectivity index (χ2v) is 7.60. The van der Waals surface area contributed by atoms with Crippen molar-refractivity contribution in [1.29, 1.82) is 0 Å². The average molecular weight is 434 g/mol. The molecule has 0 bridgehead atoms. The zero-order chi connectivity index (χ0) is 22.9. The SMILES string of the molecule is CCNC(=O)C1(C(=O)NC(CCCNC(N)=O)C(=O)Nc2ccc(CO)cc2)CCC1. The first-order chi connectivity index (χ1) is 14.8. The Labute approximate surface area is 181 Å². The van der Waals surface area contributed by atoms with Gasteiger partial charge in [-0.1, -0.05) is 18.6 Å². The van der Waals surface area contributed by atoms with Gasteiger partial charge in [0.25, 0.3) is 0 Å². The second kappa shape index (κ2) is 11.3. The van der Waals surface area contributed by atoms with Gasteiger partial charge in [0.1, 0.15) is 11.5 Å². The third kappa shape index (κ3) is 6.42. The number of benzene rings is 1. The van der Waals surface area contributed by atoms with Gasteiger partial charge in [0.2, 0.25) is 17.7 Å². The average Bonchev–Trinajstić information content (AvgIpc) is 2.70. The second-order valence-electron chi connectivity index (χ2n) is 7.60. The third-order valence-corrected chi connectivity index (χ3v) is 5.41. The molecule has 1 aromatic carbocycles. The highest BCUT2D eigenvalue weighted by molar-refractivity contribution is 6.07. The highest BCUT2D eigenvalue weighted by Gasteiger charge is 2.51. The Hall–Kier alpha value is -3.14. The lowest BCUT2D eigenvalue weighted by Crippen LogP contribution is -2.58. The van der Waals surface area contributed by atoms with Gasteiger partial charge in [-0.3, -0.25) is 14.4 Å². The van der Waals surface area contributed by atoms with E-state index in [0.29, 0.717) is 37.1 Å². The Morgan fingerprint density at radius 2 is 1.77 bits per heavy atom. The Balaban J connectivity index is 2.08. The number of rotatable bonds is 11. The lowest BCUT2D eigenvalue weighted by molar-refractivity contribution is -0.150. The van der Waals surface area contributed by atoms with Crippen molar-refractivity contribution in [3.05, 3.63) is 29.8 Å². The molecule has 5 amide bonds. The number of nitrogens with two attached hydrogens (primary N) is 1. The summed E-state index contributed by atoms with van der Waals surface area (Å²) in [6, 6.07) is 5.10. The van der Waals surface area contributed by atoms with E-state index in [9.17, 15) is 19.2 Å². The standard InChI is InChI=1S/C21H31N5O5/c1-2-23-18(29)21(10-4-11-21)19(30)26-16(5-3-12-24-20(22)31)17(28)25-15-8-6-14(13-27)7-9-15/h6-9,16,27H,2-5,10-13H2,1H3,(H,23,29)(H,25,28)(H,26,30)(H3,22,24,31). The summed E-state index contributed by atoms with van der Waals surface area (Å²) in [6.45, 7) is 2.34. The van der Waals surface area contributed by atoms with Gasteiger partial charge in [0.15, 0.2) is 0 Å². The molecule has 31 heavy (non-hydrogen) atoms. The van der Waals surface area contributed by atoms with Crippen molar-refractivity contribution in [3.8, 4) is 0 Å². The minimum Gasteiger partial charge on any atom is -0.392 e. The first-order valence-electron chi connectivity index (χ1n) is 10.5. The topological polar surface area (TPSA) is 163 Å². The molecule has 1 aliphatic carbocycles. The van der Waals surface area contributed by atoms with Crippen LogP contribution in [0.2, 0.25) is 0 Å². The van der Waals surface area contributed by atoms with Crippen LogP contribution in [0.15, 0.2) is 24.3 Å². The normalized spacial score (nSPS) is 15.2. The zero-order valence-electron chi connectivity index (χ0n) is 17.7. The molecular weight excluding hydrogens is 402 g/mol. The van der Waals surface area contributed by atoms with Crippen LogP contribution in [0.4, 0.5) is 10.5 Å². The number of hydrogen-bond acceptors (Lipinski definition) is 5. The van der Waals surface area contributed by atoms with Crippen molar-refractivity contribution in [3.63, 3.8) is 0 Å². The number of anilines is 1. The zero-order valence-corrected chi connectivity index (χ0v) is 17.7. The van der Waals surface area contributed by atoms with E-state index in [0.717, 1.165) is 6.42 Å². The fraction of sp³-hybridized carbons (Fsp3) is 0.524. The molecule has 1 atom stereocenters. The Bertz CT molecular complexity index is 792. The van der Waals surface area contributed by atoms with Crippen LogP contribution in [0.25, 0.3) is 0 Å². The lowest BCUT2D eigenvalue weighted by atomic mass is 9.67. The minimum absolute atomic E-state index is 0.109. The molecule has 170 valence electrons. The summed E-state index contributed by atoms with van der Waals surface area (Å²) in [6.07, 6.45) is 2.29. The molecule has 0 spiro atoms. The number of hydrogen-bond donors (Lipinski definition) is 6. The molecule has 1 aliphatic rings. The number of urea groups is 1. The van der Waals surface area contributed by atoms with E-state index in [2.05, 4.69) is 21.3 Å². The monoisotopic (exact) mass is 433 g/mol. The van der Waals surface area contributed by atoms with Crippen LogP contribution in [-0.4, -0.2) is 48.0 Å². The first kappa shape index (κ1) is 24.1. The van der Waals surface area contributed by atoms with E-state index in [1.165, 1.54) is 0 Å². The Kier molecular flexibility index (Phi) is 8.80. The molecule has 10 nitrogen and oxygen atoms in total. The van der Waals surface area contributed by atoms with Crippen LogP contribution in [0.3, 0.4) is 0 Å². The van der Waals surface area contributed by atoms with E-state index in [4.69, 9.17) is 10.8 Å². The number of nitrogens with one attached hydrogen (secondary N) is 4. The molecule has 2 rings (SSSR count). The van der Waals surface area contributed by atoms with Gasteiger partial charge in [0.05, 0.1) is 6.61 Å². The maximum Gasteiger partial charge on any atom is 0.312 e. The third-order valence-electron chi connectivity index (χ3n) is 5.41. The van der Waals surface area contributed by atoms with Gasteiger partial charge in [-0.25, -0.2) is 4.79 Å². The van der Waals surface area contributed by atoms with Gasteiger partial charge in [0, 0.05) is 18.8 Å². The predicted octanol–water partition coefficient (Wildman–Crippen LogP) is 0.357. The quantitative estimate of drug-likeness (QED) is 0.219. The summed E-state index contributed by atoms with van der Waals surface area (Å²) >= 11 is 0. The maximum atomic E-state index is 13.0. The molecule has 0 radical (unpaired) electrons. The molecule has 1 aromatic rings. The summed E-state index contributed by atoms with van der Waals surface area (Å²) in [5, 5.41) is 19.8. The fourth-order valence-corrected chi connectivity index (χ4v) is 3.42. The maximum absolute atomic E-state index is 13.0. The highest BCUT2D eigenvalue weighted by Crippen LogP contribution is 2.41. The van der Waals surface area contributed by atoms with E-state index in [1.54, 1.807) is 31.2 Å². The number of amides is 5. The van der Waals surface area contributed by atoms with Crippen LogP contribution < -0.4 is 27.0 Å². The minimum atomic E-state index is -1.15. The van der Waals surface area contributed by atoms with Crippen LogP contribution >= 0.6 is 0 Å². The van der Waals surface area contributed by atoms with E-state index in [1.807, 2.05) is 0 Å². The van der Waals surface area contributed by atoms with Gasteiger partial charge in [-0.05, 0) is 50.3 Å². The van der Waals surface area contributed by atoms with Crippen LogP contribution in [0, 0.1) is 5.41 Å². The van der Waals surface area contributed by atoms with Gasteiger partial charge < -0.3 is 32.1 Å². The number of carbonyl (C=O) groups excluding carboxylic acids is 4. The number of aliphatic hydroxyl groups is 1. The molecule has 0 aromatic heterocycles. The van der Waals surface area contributed by atoms with E-state index < -0.39 is 29.3 Å². The summed E-state index contributed by atoms with van der Waals surface area (Å²) in [7, 11) is 0. The molecule has 0 heterocycles. The summed E-state index contributed by atoms with van der Waals surface area (Å²) in [5.41, 5.74) is 5.12. The van der Waals surface area contributed by atoms with Crippen molar-refractivity contribution in [2.24, 2.45) is 11.1 Å². The van der Waals surface area contributed by atoms with Gasteiger partial charge >= 0.3 is 6.03 Å². The Morgan fingerprint density at radius 1 is 1.10 bits per heavy atom. The molecule has 1 fully saturated rings.